The first-order chi connectivity index (χ1) is 11.5. The first kappa shape index (κ1) is 17.7. The highest BCUT2D eigenvalue weighted by molar-refractivity contribution is 5.79. The van der Waals surface area contributed by atoms with Gasteiger partial charge in [-0.15, -0.1) is 0 Å². The number of carboxylic acid groups (broad SMARTS) is 1. The summed E-state index contributed by atoms with van der Waals surface area (Å²) in [6, 6.07) is 18.5. The highest BCUT2D eigenvalue weighted by Gasteiger charge is 2.27. The molecular weight excluding hydrogens is 302 g/mol. The molecule has 0 aromatic heterocycles. The van der Waals surface area contributed by atoms with Gasteiger partial charge < -0.3 is 10.4 Å². The van der Waals surface area contributed by atoms with Gasteiger partial charge in [-0.3, -0.25) is 9.59 Å². The molecule has 0 saturated carbocycles. The number of benzene rings is 2. The fourth-order valence-electron chi connectivity index (χ4n) is 2.71. The van der Waals surface area contributed by atoms with Crippen LogP contribution in [-0.4, -0.2) is 17.0 Å². The topological polar surface area (TPSA) is 66.4 Å². The zero-order chi connectivity index (χ0) is 17.5. The van der Waals surface area contributed by atoms with Crippen molar-refractivity contribution >= 4 is 11.9 Å². The van der Waals surface area contributed by atoms with Crippen molar-refractivity contribution in [2.24, 2.45) is 5.92 Å². The number of rotatable bonds is 7. The van der Waals surface area contributed by atoms with Crippen LogP contribution in [0.15, 0.2) is 60.7 Å². The Morgan fingerprint density at radius 1 is 0.917 bits per heavy atom. The molecule has 3 atom stereocenters. The molecule has 0 aliphatic heterocycles. The molecule has 4 heteroatoms. The van der Waals surface area contributed by atoms with Crippen molar-refractivity contribution in [2.75, 3.05) is 0 Å². The van der Waals surface area contributed by atoms with Crippen LogP contribution in [0.25, 0.3) is 0 Å². The van der Waals surface area contributed by atoms with Crippen LogP contribution in [-0.2, 0) is 9.59 Å². The predicted molar refractivity (Wildman–Crippen MR) is 93.6 cm³/mol. The highest BCUT2D eigenvalue weighted by Crippen LogP contribution is 2.24. The van der Waals surface area contributed by atoms with Crippen molar-refractivity contribution in [2.45, 2.75) is 32.2 Å². The van der Waals surface area contributed by atoms with Gasteiger partial charge >= 0.3 is 5.97 Å². The number of carbonyl (C=O) groups is 2. The summed E-state index contributed by atoms with van der Waals surface area (Å²) in [6.45, 7) is 3.61. The van der Waals surface area contributed by atoms with E-state index in [-0.39, 0.29) is 11.8 Å². The number of aliphatic carboxylic acids is 1. The number of carbonyl (C=O) groups excluding carboxylic acids is 1. The summed E-state index contributed by atoms with van der Waals surface area (Å²) in [5.41, 5.74) is 1.89. The van der Waals surface area contributed by atoms with Gasteiger partial charge in [-0.05, 0) is 24.0 Å². The third kappa shape index (κ3) is 4.69. The second-order valence-electron chi connectivity index (χ2n) is 6.10. The van der Waals surface area contributed by atoms with E-state index in [1.807, 2.05) is 67.6 Å². The molecule has 0 fully saturated rings. The zero-order valence-electron chi connectivity index (χ0n) is 14.0. The molecule has 2 aromatic rings. The third-order valence-corrected chi connectivity index (χ3v) is 4.22. The molecule has 0 spiro atoms. The molecule has 0 bridgehead atoms. The molecule has 0 radical (unpaired) electrons. The number of hydrogen-bond acceptors (Lipinski definition) is 2. The lowest BCUT2D eigenvalue weighted by atomic mass is 9.93. The number of hydrogen-bond donors (Lipinski definition) is 2. The summed E-state index contributed by atoms with van der Waals surface area (Å²) in [7, 11) is 0. The van der Waals surface area contributed by atoms with E-state index in [9.17, 15) is 14.7 Å². The zero-order valence-corrected chi connectivity index (χ0v) is 14.0. The Labute approximate surface area is 142 Å². The van der Waals surface area contributed by atoms with E-state index in [1.54, 1.807) is 6.92 Å². The van der Waals surface area contributed by atoms with Crippen LogP contribution in [0.4, 0.5) is 0 Å². The van der Waals surface area contributed by atoms with Gasteiger partial charge in [-0.2, -0.15) is 0 Å². The summed E-state index contributed by atoms with van der Waals surface area (Å²) < 4.78 is 0. The average Bonchev–Trinajstić information content (AvgIpc) is 2.60. The molecule has 2 aromatic carbocycles. The van der Waals surface area contributed by atoms with E-state index in [4.69, 9.17) is 0 Å². The minimum atomic E-state index is -0.930. The van der Waals surface area contributed by atoms with Gasteiger partial charge in [0.25, 0.3) is 0 Å². The molecule has 0 heterocycles. The first-order valence-electron chi connectivity index (χ1n) is 8.11. The molecule has 3 unspecified atom stereocenters. The Bertz CT molecular complexity index is 670. The monoisotopic (exact) mass is 325 g/mol. The van der Waals surface area contributed by atoms with E-state index in [2.05, 4.69) is 5.32 Å². The lowest BCUT2D eigenvalue weighted by molar-refractivity contribution is -0.142. The minimum absolute atomic E-state index is 0.0720. The molecule has 0 saturated heterocycles. The Morgan fingerprint density at radius 3 is 1.92 bits per heavy atom. The third-order valence-electron chi connectivity index (χ3n) is 4.22. The SMILES string of the molecule is CC(CC(=O)NC(c1ccccc1)C(C)C(=O)O)c1ccccc1. The van der Waals surface area contributed by atoms with E-state index in [0.717, 1.165) is 11.1 Å². The maximum Gasteiger partial charge on any atom is 0.308 e. The number of amides is 1. The molecule has 24 heavy (non-hydrogen) atoms. The van der Waals surface area contributed by atoms with E-state index in [0.29, 0.717) is 6.42 Å². The maximum absolute atomic E-state index is 12.4. The average molecular weight is 325 g/mol. The minimum Gasteiger partial charge on any atom is -0.481 e. The van der Waals surface area contributed by atoms with E-state index >= 15 is 0 Å². The Balaban J connectivity index is 2.09. The summed E-state index contributed by atoms with van der Waals surface area (Å²) >= 11 is 0. The fourth-order valence-corrected chi connectivity index (χ4v) is 2.71. The van der Waals surface area contributed by atoms with Gasteiger partial charge in [0.05, 0.1) is 12.0 Å². The second-order valence-corrected chi connectivity index (χ2v) is 6.10. The van der Waals surface area contributed by atoms with Crippen molar-refractivity contribution in [1.29, 1.82) is 0 Å². The van der Waals surface area contributed by atoms with Crippen LogP contribution in [0.3, 0.4) is 0 Å². The number of nitrogens with one attached hydrogen (secondary N) is 1. The molecule has 1 amide bonds. The fraction of sp³-hybridized carbons (Fsp3) is 0.300. The molecule has 0 aliphatic rings. The standard InChI is InChI=1S/C20H23NO3/c1-14(16-9-5-3-6-10-16)13-18(22)21-19(15(2)20(23)24)17-11-7-4-8-12-17/h3-12,14-15,19H,13H2,1-2H3,(H,21,22)(H,23,24). The number of carboxylic acids is 1. The van der Waals surface area contributed by atoms with Crippen LogP contribution in [0.5, 0.6) is 0 Å². The van der Waals surface area contributed by atoms with Crippen molar-refractivity contribution in [3.05, 3.63) is 71.8 Å². The van der Waals surface area contributed by atoms with Gasteiger partial charge in [-0.1, -0.05) is 67.6 Å². The highest BCUT2D eigenvalue weighted by atomic mass is 16.4. The molecular formula is C20H23NO3. The van der Waals surface area contributed by atoms with Crippen LogP contribution in [0, 0.1) is 5.92 Å². The van der Waals surface area contributed by atoms with Crippen LogP contribution < -0.4 is 5.32 Å². The smallest absolute Gasteiger partial charge is 0.308 e. The van der Waals surface area contributed by atoms with E-state index < -0.39 is 17.9 Å². The van der Waals surface area contributed by atoms with Gasteiger partial charge in [0.1, 0.15) is 0 Å². The van der Waals surface area contributed by atoms with Crippen molar-refractivity contribution in [1.82, 2.24) is 5.32 Å². The molecule has 2 rings (SSSR count). The van der Waals surface area contributed by atoms with Crippen LogP contribution in [0.2, 0.25) is 0 Å². The first-order valence-corrected chi connectivity index (χ1v) is 8.11. The Kier molecular flexibility index (Phi) is 6.13. The lowest BCUT2D eigenvalue weighted by Crippen LogP contribution is -2.36. The van der Waals surface area contributed by atoms with E-state index in [1.165, 1.54) is 0 Å². The molecule has 0 aliphatic carbocycles. The van der Waals surface area contributed by atoms with Gasteiger partial charge in [-0.25, -0.2) is 0 Å². The Morgan fingerprint density at radius 2 is 1.42 bits per heavy atom. The normalized spacial score (nSPS) is 14.4. The molecule has 126 valence electrons. The van der Waals surface area contributed by atoms with Gasteiger partial charge in [0.2, 0.25) is 5.91 Å². The van der Waals surface area contributed by atoms with Crippen molar-refractivity contribution < 1.29 is 14.7 Å². The summed E-state index contributed by atoms with van der Waals surface area (Å²) in [6.07, 6.45) is 0.319. The van der Waals surface area contributed by atoms with Crippen molar-refractivity contribution in [3.8, 4) is 0 Å². The largest absolute Gasteiger partial charge is 0.481 e. The summed E-state index contributed by atoms with van der Waals surface area (Å²) in [4.78, 5) is 23.8. The van der Waals surface area contributed by atoms with Crippen molar-refractivity contribution in [3.63, 3.8) is 0 Å². The second kappa shape index (κ2) is 8.29. The predicted octanol–water partition coefficient (Wildman–Crippen LogP) is 3.76. The van der Waals surface area contributed by atoms with Crippen LogP contribution >= 0.6 is 0 Å². The van der Waals surface area contributed by atoms with Gasteiger partial charge in [0.15, 0.2) is 0 Å². The lowest BCUT2D eigenvalue weighted by Gasteiger charge is -2.24. The quantitative estimate of drug-likeness (QED) is 0.814. The maximum atomic E-state index is 12.4. The molecule has 4 nitrogen and oxygen atoms in total. The Hall–Kier alpha value is -2.62. The molecule has 2 N–H and O–H groups in total. The summed E-state index contributed by atoms with van der Waals surface area (Å²) in [5.74, 6) is -1.71. The summed E-state index contributed by atoms with van der Waals surface area (Å²) in [5, 5.41) is 12.2. The van der Waals surface area contributed by atoms with Gasteiger partial charge in [0, 0.05) is 6.42 Å². The van der Waals surface area contributed by atoms with Crippen LogP contribution in [0.1, 0.15) is 43.4 Å².